The zero-order valence-electron chi connectivity index (χ0n) is 10.7. The van der Waals surface area contributed by atoms with Gasteiger partial charge in [-0.2, -0.15) is 0 Å². The first-order valence-electron chi connectivity index (χ1n) is 6.22. The Morgan fingerprint density at radius 3 is 2.68 bits per heavy atom. The second-order valence-electron chi connectivity index (χ2n) is 4.66. The number of piperidine rings is 1. The van der Waals surface area contributed by atoms with Gasteiger partial charge in [-0.05, 0) is 30.9 Å². The van der Waals surface area contributed by atoms with E-state index < -0.39 is 0 Å². The van der Waals surface area contributed by atoms with Crippen molar-refractivity contribution >= 4 is 29.1 Å². The van der Waals surface area contributed by atoms with E-state index >= 15 is 0 Å². The SMILES string of the molecule is COCC1CCN(C(=O)c2ccc(Cl)nc2Cl)CC1. The summed E-state index contributed by atoms with van der Waals surface area (Å²) >= 11 is 11.7. The lowest BCUT2D eigenvalue weighted by Crippen LogP contribution is -2.39. The zero-order valence-corrected chi connectivity index (χ0v) is 12.2. The van der Waals surface area contributed by atoms with Crippen LogP contribution in [0.1, 0.15) is 23.2 Å². The predicted molar refractivity (Wildman–Crippen MR) is 74.8 cm³/mol. The highest BCUT2D eigenvalue weighted by atomic mass is 35.5. The molecule has 0 aliphatic carbocycles. The van der Waals surface area contributed by atoms with Crippen LogP contribution in [0.3, 0.4) is 0 Å². The van der Waals surface area contributed by atoms with Crippen LogP contribution >= 0.6 is 23.2 Å². The normalized spacial score (nSPS) is 16.7. The molecule has 2 rings (SSSR count). The number of halogens is 2. The summed E-state index contributed by atoms with van der Waals surface area (Å²) in [4.78, 5) is 18.0. The third-order valence-electron chi connectivity index (χ3n) is 3.35. The van der Waals surface area contributed by atoms with Crippen LogP contribution in [0.15, 0.2) is 12.1 Å². The van der Waals surface area contributed by atoms with E-state index in [0.717, 1.165) is 32.5 Å². The minimum Gasteiger partial charge on any atom is -0.384 e. The molecule has 0 spiro atoms. The Balaban J connectivity index is 2.01. The van der Waals surface area contributed by atoms with Crippen molar-refractivity contribution in [3.05, 3.63) is 28.0 Å². The lowest BCUT2D eigenvalue weighted by molar-refractivity contribution is 0.0613. The first kappa shape index (κ1) is 14.6. The molecule has 0 saturated carbocycles. The second kappa shape index (κ2) is 6.55. The first-order valence-corrected chi connectivity index (χ1v) is 6.97. The Bertz CT molecular complexity index is 460. The van der Waals surface area contributed by atoms with Gasteiger partial charge in [0.25, 0.3) is 5.91 Å². The summed E-state index contributed by atoms with van der Waals surface area (Å²) in [6, 6.07) is 3.21. The van der Waals surface area contributed by atoms with Gasteiger partial charge in [0.1, 0.15) is 10.3 Å². The van der Waals surface area contributed by atoms with E-state index in [1.807, 2.05) is 4.90 Å². The van der Waals surface area contributed by atoms with Crippen LogP contribution in [0.2, 0.25) is 10.3 Å². The topological polar surface area (TPSA) is 42.4 Å². The number of likely N-dealkylation sites (tertiary alicyclic amines) is 1. The molecule has 0 atom stereocenters. The Hall–Kier alpha value is -0.840. The summed E-state index contributed by atoms with van der Waals surface area (Å²) in [5, 5.41) is 0.455. The van der Waals surface area contributed by atoms with Crippen LogP contribution in [0.4, 0.5) is 0 Å². The van der Waals surface area contributed by atoms with Crippen molar-refractivity contribution in [3.63, 3.8) is 0 Å². The number of nitrogens with zero attached hydrogens (tertiary/aromatic N) is 2. The van der Waals surface area contributed by atoms with Gasteiger partial charge in [0.2, 0.25) is 0 Å². The van der Waals surface area contributed by atoms with Gasteiger partial charge in [0.15, 0.2) is 0 Å². The van der Waals surface area contributed by atoms with Crippen molar-refractivity contribution in [2.45, 2.75) is 12.8 Å². The monoisotopic (exact) mass is 302 g/mol. The summed E-state index contributed by atoms with van der Waals surface area (Å²) in [6.07, 6.45) is 1.91. The second-order valence-corrected chi connectivity index (χ2v) is 5.41. The molecule has 0 unspecified atom stereocenters. The van der Waals surface area contributed by atoms with E-state index in [1.165, 1.54) is 0 Å². The summed E-state index contributed by atoms with van der Waals surface area (Å²) in [5.74, 6) is 0.456. The number of carbonyl (C=O) groups excluding carboxylic acids is 1. The maximum absolute atomic E-state index is 12.3. The van der Waals surface area contributed by atoms with Crippen LogP contribution in [-0.2, 0) is 4.74 Å². The summed E-state index contributed by atoms with van der Waals surface area (Å²) in [6.45, 7) is 2.21. The third-order valence-corrected chi connectivity index (χ3v) is 3.85. The molecule has 0 N–H and O–H groups in total. The Labute approximate surface area is 122 Å². The van der Waals surface area contributed by atoms with Crippen molar-refractivity contribution in [2.24, 2.45) is 5.92 Å². The number of ether oxygens (including phenoxy) is 1. The fourth-order valence-corrected chi connectivity index (χ4v) is 2.71. The fraction of sp³-hybridized carbons (Fsp3) is 0.538. The average Bonchev–Trinajstić information content (AvgIpc) is 2.39. The molecule has 1 saturated heterocycles. The number of pyridine rings is 1. The van der Waals surface area contributed by atoms with Gasteiger partial charge in [0, 0.05) is 26.8 Å². The van der Waals surface area contributed by atoms with E-state index in [4.69, 9.17) is 27.9 Å². The molecular formula is C13H16Cl2N2O2. The zero-order chi connectivity index (χ0) is 13.8. The number of hydrogen-bond acceptors (Lipinski definition) is 3. The molecule has 1 fully saturated rings. The minimum atomic E-state index is -0.0787. The molecule has 0 aromatic carbocycles. The van der Waals surface area contributed by atoms with Gasteiger partial charge in [-0.3, -0.25) is 4.79 Å². The lowest BCUT2D eigenvalue weighted by atomic mass is 9.97. The average molecular weight is 303 g/mol. The quantitative estimate of drug-likeness (QED) is 0.806. The van der Waals surface area contributed by atoms with Crippen molar-refractivity contribution in [1.82, 2.24) is 9.88 Å². The molecular weight excluding hydrogens is 287 g/mol. The maximum atomic E-state index is 12.3. The molecule has 6 heteroatoms. The largest absolute Gasteiger partial charge is 0.384 e. The molecule has 1 amide bonds. The molecule has 0 bridgehead atoms. The van der Waals surface area contributed by atoms with Crippen molar-refractivity contribution in [3.8, 4) is 0 Å². The van der Waals surface area contributed by atoms with Crippen LogP contribution < -0.4 is 0 Å². The summed E-state index contributed by atoms with van der Waals surface area (Å²) in [5.41, 5.74) is 0.413. The molecule has 1 aromatic rings. The standard InChI is InChI=1S/C13H16Cl2N2O2/c1-19-8-9-4-6-17(7-5-9)13(18)10-2-3-11(14)16-12(10)15/h2-3,9H,4-8H2,1H3. The third kappa shape index (κ3) is 3.59. The van der Waals surface area contributed by atoms with Gasteiger partial charge < -0.3 is 9.64 Å². The highest BCUT2D eigenvalue weighted by Crippen LogP contribution is 2.22. The number of amides is 1. The molecule has 104 valence electrons. The number of hydrogen-bond donors (Lipinski definition) is 0. The molecule has 1 aromatic heterocycles. The smallest absolute Gasteiger partial charge is 0.256 e. The van der Waals surface area contributed by atoms with E-state index in [9.17, 15) is 4.79 Å². The molecule has 1 aliphatic rings. The highest BCUT2D eigenvalue weighted by Gasteiger charge is 2.25. The number of methoxy groups -OCH3 is 1. The number of aromatic nitrogens is 1. The first-order chi connectivity index (χ1) is 9.11. The maximum Gasteiger partial charge on any atom is 0.256 e. The Kier molecular flexibility index (Phi) is 5.02. The molecule has 19 heavy (non-hydrogen) atoms. The van der Waals surface area contributed by atoms with Crippen LogP contribution in [-0.4, -0.2) is 42.6 Å². The molecule has 1 aliphatic heterocycles. The minimum absolute atomic E-state index is 0.0787. The Morgan fingerprint density at radius 2 is 2.11 bits per heavy atom. The van der Waals surface area contributed by atoms with Crippen molar-refractivity contribution in [2.75, 3.05) is 26.8 Å². The van der Waals surface area contributed by atoms with Crippen LogP contribution in [0.25, 0.3) is 0 Å². The molecule has 2 heterocycles. The van der Waals surface area contributed by atoms with Gasteiger partial charge in [-0.1, -0.05) is 23.2 Å². The van der Waals surface area contributed by atoms with Crippen LogP contribution in [0.5, 0.6) is 0 Å². The van der Waals surface area contributed by atoms with Gasteiger partial charge in [-0.25, -0.2) is 4.98 Å². The van der Waals surface area contributed by atoms with Crippen molar-refractivity contribution in [1.29, 1.82) is 0 Å². The lowest BCUT2D eigenvalue weighted by Gasteiger charge is -2.31. The Morgan fingerprint density at radius 1 is 1.42 bits per heavy atom. The molecule has 4 nitrogen and oxygen atoms in total. The van der Waals surface area contributed by atoms with Gasteiger partial charge in [-0.15, -0.1) is 0 Å². The highest BCUT2D eigenvalue weighted by molar-refractivity contribution is 6.34. The van der Waals surface area contributed by atoms with E-state index in [0.29, 0.717) is 16.6 Å². The van der Waals surface area contributed by atoms with Gasteiger partial charge >= 0.3 is 0 Å². The van der Waals surface area contributed by atoms with Crippen LogP contribution in [0, 0.1) is 5.92 Å². The number of carbonyl (C=O) groups is 1. The number of rotatable bonds is 3. The molecule has 0 radical (unpaired) electrons. The van der Waals surface area contributed by atoms with E-state index in [-0.39, 0.29) is 11.1 Å². The van der Waals surface area contributed by atoms with E-state index in [2.05, 4.69) is 4.98 Å². The van der Waals surface area contributed by atoms with E-state index in [1.54, 1.807) is 19.2 Å². The summed E-state index contributed by atoms with van der Waals surface area (Å²) < 4.78 is 5.14. The predicted octanol–water partition coefficient (Wildman–Crippen LogP) is 2.89. The fourth-order valence-electron chi connectivity index (χ4n) is 2.28. The van der Waals surface area contributed by atoms with Crippen molar-refractivity contribution < 1.29 is 9.53 Å². The van der Waals surface area contributed by atoms with Gasteiger partial charge in [0.05, 0.1) is 5.56 Å². The summed E-state index contributed by atoms with van der Waals surface area (Å²) in [7, 11) is 1.71.